The monoisotopic (exact) mass is 569 g/mol. The molecule has 1 saturated carbocycles. The van der Waals surface area contributed by atoms with E-state index in [9.17, 15) is 30.8 Å². The number of ether oxygens (including phenoxy) is 3. The molecule has 1 unspecified atom stereocenters. The molecule has 1 aromatic rings. The Balaban J connectivity index is 1.61. The predicted molar refractivity (Wildman–Crippen MR) is 130 cm³/mol. The lowest BCUT2D eigenvalue weighted by Gasteiger charge is -2.33. The zero-order valence-electron chi connectivity index (χ0n) is 21.6. The third-order valence-electron chi connectivity index (χ3n) is 7.16. The Hall–Kier alpha value is -2.00. The van der Waals surface area contributed by atoms with E-state index in [0.717, 1.165) is 42.6 Å². The molecule has 3 rings (SSSR count). The van der Waals surface area contributed by atoms with Gasteiger partial charge in [-0.3, -0.25) is 9.64 Å². The van der Waals surface area contributed by atoms with Crippen LogP contribution in [-0.4, -0.2) is 88.2 Å². The summed E-state index contributed by atoms with van der Waals surface area (Å²) in [5.41, 5.74) is 0.948. The van der Waals surface area contributed by atoms with Gasteiger partial charge >= 0.3 is 12.5 Å². The lowest BCUT2D eigenvalue weighted by Crippen LogP contribution is -2.53. The molecule has 0 radical (unpaired) electrons. The number of nitrogens with zero attached hydrogens (tertiary/aromatic N) is 2. The Morgan fingerprint density at radius 1 is 1.21 bits per heavy atom. The molecule has 1 aliphatic carbocycles. The van der Waals surface area contributed by atoms with Crippen LogP contribution in [-0.2, 0) is 24.4 Å². The molecule has 9 nitrogen and oxygen atoms in total. The number of amides is 1. The first-order valence-electron chi connectivity index (χ1n) is 12.5. The second-order valence-electron chi connectivity index (χ2n) is 9.74. The van der Waals surface area contributed by atoms with Crippen molar-refractivity contribution < 1.29 is 45.0 Å². The summed E-state index contributed by atoms with van der Waals surface area (Å²) in [4.78, 5) is 13.9. The van der Waals surface area contributed by atoms with Crippen molar-refractivity contribution in [2.75, 3.05) is 33.9 Å². The number of carbonyl (C=O) groups is 1. The predicted octanol–water partition coefficient (Wildman–Crippen LogP) is 3.77. The maximum atomic E-state index is 13.6. The summed E-state index contributed by atoms with van der Waals surface area (Å²) in [5.74, 6) is -0.0498. The maximum Gasteiger partial charge on any atom is 0.522 e. The first kappa shape index (κ1) is 30.5. The van der Waals surface area contributed by atoms with Gasteiger partial charge in [0.05, 0.1) is 32.5 Å². The van der Waals surface area contributed by atoms with E-state index in [1.54, 1.807) is 19.1 Å². The number of nitrogens with one attached hydrogen (secondary N) is 1. The van der Waals surface area contributed by atoms with E-state index in [1.165, 1.54) is 18.1 Å². The highest BCUT2D eigenvalue weighted by Gasteiger charge is 2.45. The Bertz CT molecular complexity index is 1040. The van der Waals surface area contributed by atoms with Crippen molar-refractivity contribution in [2.45, 2.75) is 75.5 Å². The van der Waals surface area contributed by atoms with Gasteiger partial charge in [0.25, 0.3) is 10.2 Å². The van der Waals surface area contributed by atoms with Crippen molar-refractivity contribution in [3.8, 4) is 0 Å². The van der Waals surface area contributed by atoms with E-state index in [2.05, 4.69) is 9.46 Å². The number of likely N-dealkylation sites (tertiary alicyclic amines) is 1. The number of carbonyl (C=O) groups excluding carboxylic acids is 1. The van der Waals surface area contributed by atoms with Crippen LogP contribution < -0.4 is 4.72 Å². The zero-order chi connectivity index (χ0) is 28.1. The number of alkyl halides is 3. The molecule has 1 N–H and O–H groups in total. The number of methoxy groups -OCH3 is 1. The number of rotatable bonds is 10. The lowest BCUT2D eigenvalue weighted by atomic mass is 9.82. The quantitative estimate of drug-likeness (QED) is 0.431. The molecule has 2 aliphatic rings. The highest BCUT2D eigenvalue weighted by atomic mass is 32.2. The van der Waals surface area contributed by atoms with Crippen molar-refractivity contribution in [3.63, 3.8) is 0 Å². The van der Waals surface area contributed by atoms with Gasteiger partial charge in [-0.2, -0.15) is 17.4 Å². The fourth-order valence-electron chi connectivity index (χ4n) is 5.15. The summed E-state index contributed by atoms with van der Waals surface area (Å²) in [7, 11) is -1.82. The molecular formula is C24H35F4N3O6S. The molecule has 1 aliphatic heterocycles. The highest BCUT2D eigenvalue weighted by molar-refractivity contribution is 7.87. The first-order chi connectivity index (χ1) is 17.8. The van der Waals surface area contributed by atoms with E-state index in [-0.39, 0.29) is 36.9 Å². The van der Waals surface area contributed by atoms with Gasteiger partial charge in [-0.25, -0.2) is 9.18 Å². The van der Waals surface area contributed by atoms with Crippen molar-refractivity contribution >= 4 is 16.3 Å². The van der Waals surface area contributed by atoms with Crippen LogP contribution in [0.1, 0.15) is 50.5 Å². The second-order valence-corrected chi connectivity index (χ2v) is 11.5. The normalized spacial score (nSPS) is 26.6. The molecule has 0 spiro atoms. The van der Waals surface area contributed by atoms with Gasteiger partial charge in [-0.15, -0.1) is 13.2 Å². The zero-order valence-corrected chi connectivity index (χ0v) is 22.4. The van der Waals surface area contributed by atoms with Crippen molar-refractivity contribution in [1.29, 1.82) is 0 Å². The number of benzene rings is 1. The van der Waals surface area contributed by atoms with Gasteiger partial charge in [0.2, 0.25) is 0 Å². The van der Waals surface area contributed by atoms with Gasteiger partial charge in [0.1, 0.15) is 5.82 Å². The standard InChI is InChI=1S/C24H35F4N3O6S/c1-16-13-21(29-38(33,34)30(2)11-12-37-24(26,27)28)22(31(16)23(32)35-3)15-36-20-9-7-17(8-10-20)18-5-4-6-19(25)14-18/h4-6,14,16-17,20-22,29H,7-13,15H2,1-3H3/t16?,17?,20?,21-,22-/m0/s1. The maximum absolute atomic E-state index is 13.6. The van der Waals surface area contributed by atoms with Gasteiger partial charge < -0.3 is 9.47 Å². The van der Waals surface area contributed by atoms with Crippen LogP contribution in [0.15, 0.2) is 24.3 Å². The van der Waals surface area contributed by atoms with Gasteiger partial charge in [0, 0.05) is 25.7 Å². The number of hydrogen-bond acceptors (Lipinski definition) is 6. The molecule has 3 atom stereocenters. The number of halogens is 4. The summed E-state index contributed by atoms with van der Waals surface area (Å²) in [6.07, 6.45) is -2.29. The van der Waals surface area contributed by atoms with Gasteiger partial charge in [-0.1, -0.05) is 12.1 Å². The molecule has 2 fully saturated rings. The van der Waals surface area contributed by atoms with E-state index in [0.29, 0.717) is 0 Å². The van der Waals surface area contributed by atoms with E-state index < -0.39 is 47.9 Å². The minimum Gasteiger partial charge on any atom is -0.453 e. The minimum atomic E-state index is -4.86. The van der Waals surface area contributed by atoms with Gasteiger partial charge in [0.15, 0.2) is 0 Å². The minimum absolute atomic E-state index is 0.0445. The smallest absolute Gasteiger partial charge is 0.453 e. The number of hydrogen-bond donors (Lipinski definition) is 1. The van der Waals surface area contributed by atoms with E-state index >= 15 is 0 Å². The molecule has 0 aromatic heterocycles. The first-order valence-corrected chi connectivity index (χ1v) is 13.9. The average molecular weight is 570 g/mol. The van der Waals surface area contributed by atoms with Crippen molar-refractivity contribution in [3.05, 3.63) is 35.6 Å². The molecule has 1 saturated heterocycles. The van der Waals surface area contributed by atoms with Crippen LogP contribution >= 0.6 is 0 Å². The van der Waals surface area contributed by atoms with Crippen LogP contribution in [0.2, 0.25) is 0 Å². The second kappa shape index (κ2) is 12.9. The molecule has 14 heteroatoms. The summed E-state index contributed by atoms with van der Waals surface area (Å²) in [6.45, 7) is 0.417. The third-order valence-corrected chi connectivity index (χ3v) is 8.76. The summed E-state index contributed by atoms with van der Waals surface area (Å²) >= 11 is 0. The molecule has 0 bridgehead atoms. The van der Waals surface area contributed by atoms with Crippen molar-refractivity contribution in [1.82, 2.24) is 13.9 Å². The van der Waals surface area contributed by atoms with Crippen molar-refractivity contribution in [2.24, 2.45) is 0 Å². The molecule has 1 heterocycles. The SMILES string of the molecule is COC(=O)N1C(C)C[C@H](NS(=O)(=O)N(C)CCOC(F)(F)F)[C@@H]1COC1CCC(c2cccc(F)c2)CC1. The van der Waals surface area contributed by atoms with Crippen LogP contribution in [0, 0.1) is 5.82 Å². The molecule has 1 aromatic carbocycles. The fraction of sp³-hybridized carbons (Fsp3) is 0.708. The Morgan fingerprint density at radius 2 is 1.89 bits per heavy atom. The molecule has 1 amide bonds. The third kappa shape index (κ3) is 8.25. The van der Waals surface area contributed by atoms with Crippen LogP contribution in [0.3, 0.4) is 0 Å². The molecule has 216 valence electrons. The summed E-state index contributed by atoms with van der Waals surface area (Å²) in [6, 6.07) is 4.75. The van der Waals surface area contributed by atoms with Crippen LogP contribution in [0.25, 0.3) is 0 Å². The largest absolute Gasteiger partial charge is 0.522 e. The van der Waals surface area contributed by atoms with Gasteiger partial charge in [-0.05, 0) is 62.6 Å². The number of likely N-dealkylation sites (N-methyl/N-ethyl adjacent to an activating group) is 1. The summed E-state index contributed by atoms with van der Waals surface area (Å²) in [5, 5.41) is 0. The Labute approximate surface area is 220 Å². The lowest BCUT2D eigenvalue weighted by molar-refractivity contribution is -0.324. The van der Waals surface area contributed by atoms with E-state index in [1.807, 2.05) is 6.07 Å². The fourth-order valence-corrected chi connectivity index (χ4v) is 6.28. The summed E-state index contributed by atoms with van der Waals surface area (Å²) < 4.78 is 93.9. The Morgan fingerprint density at radius 3 is 2.50 bits per heavy atom. The van der Waals surface area contributed by atoms with Crippen LogP contribution in [0.4, 0.5) is 22.4 Å². The average Bonchev–Trinajstić information content (AvgIpc) is 3.15. The Kier molecular flexibility index (Phi) is 10.4. The molecular weight excluding hydrogens is 534 g/mol. The highest BCUT2D eigenvalue weighted by Crippen LogP contribution is 2.35. The van der Waals surface area contributed by atoms with Crippen LogP contribution in [0.5, 0.6) is 0 Å². The van der Waals surface area contributed by atoms with E-state index in [4.69, 9.17) is 9.47 Å². The molecule has 38 heavy (non-hydrogen) atoms. The topological polar surface area (TPSA) is 97.4 Å².